The fraction of sp³-hybridized carbons (Fsp3) is 0.531. The number of ether oxygens (including phenoxy) is 1. The molecule has 0 aromatic heterocycles. The van der Waals surface area contributed by atoms with Gasteiger partial charge in [0.25, 0.3) is 5.91 Å². The molecule has 0 aliphatic carbocycles. The number of aryl methyl sites for hydroxylation is 3. The average Bonchev–Trinajstić information content (AvgIpc) is 2.84. The Morgan fingerprint density at radius 2 is 1.61 bits per heavy atom. The van der Waals surface area contributed by atoms with Crippen LogP contribution in [-0.2, 0) is 14.3 Å². The molecule has 0 radical (unpaired) electrons. The monoisotopic (exact) mass is 603 g/mol. The highest BCUT2D eigenvalue weighted by Crippen LogP contribution is 2.32. The van der Waals surface area contributed by atoms with Gasteiger partial charge in [0, 0.05) is 11.8 Å². The summed E-state index contributed by atoms with van der Waals surface area (Å²) in [7, 11) is 0. The van der Waals surface area contributed by atoms with E-state index < -0.39 is 35.6 Å². The molecule has 7 nitrogen and oxygen atoms in total. The lowest BCUT2D eigenvalue weighted by Crippen LogP contribution is -2.55. The SMILES string of the molecule is Cc1cc(C)cc(C(C(=O)Nc2c(C)cccc2Cl)N(C(=O)C(CS)NC(=O)OC(C)(C)C)C(C)CCC(C)C)c1. The van der Waals surface area contributed by atoms with E-state index in [1.165, 1.54) is 0 Å². The first-order valence-electron chi connectivity index (χ1n) is 14.1. The Bertz CT molecular complexity index is 1190. The van der Waals surface area contributed by atoms with E-state index in [2.05, 4.69) is 37.1 Å². The highest BCUT2D eigenvalue weighted by molar-refractivity contribution is 7.80. The summed E-state index contributed by atoms with van der Waals surface area (Å²) < 4.78 is 5.42. The molecule has 0 aliphatic rings. The predicted molar refractivity (Wildman–Crippen MR) is 171 cm³/mol. The molecule has 226 valence electrons. The number of alkyl carbamates (subject to hydrolysis) is 1. The first kappa shape index (κ1) is 34.5. The smallest absolute Gasteiger partial charge is 0.408 e. The van der Waals surface area contributed by atoms with Crippen molar-refractivity contribution in [2.75, 3.05) is 11.1 Å². The van der Waals surface area contributed by atoms with E-state index in [1.807, 2.05) is 58.0 Å². The van der Waals surface area contributed by atoms with E-state index in [9.17, 15) is 14.4 Å². The highest BCUT2D eigenvalue weighted by atomic mass is 35.5. The van der Waals surface area contributed by atoms with Crippen molar-refractivity contribution >= 4 is 47.8 Å². The van der Waals surface area contributed by atoms with Crippen molar-refractivity contribution in [2.24, 2.45) is 5.92 Å². The molecule has 0 bridgehead atoms. The van der Waals surface area contributed by atoms with Crippen molar-refractivity contribution in [1.82, 2.24) is 10.2 Å². The summed E-state index contributed by atoms with van der Waals surface area (Å²) in [6.45, 7) is 17.2. The number of thiol groups is 1. The number of nitrogens with zero attached hydrogens (tertiary/aromatic N) is 1. The third kappa shape index (κ3) is 10.3. The molecule has 0 spiro atoms. The van der Waals surface area contributed by atoms with Crippen molar-refractivity contribution in [3.05, 3.63) is 63.7 Å². The van der Waals surface area contributed by atoms with Gasteiger partial charge < -0.3 is 20.3 Å². The van der Waals surface area contributed by atoms with Crippen molar-refractivity contribution in [2.45, 2.75) is 98.9 Å². The van der Waals surface area contributed by atoms with Crippen molar-refractivity contribution in [3.8, 4) is 0 Å². The molecule has 3 amide bonds. The second-order valence-electron chi connectivity index (χ2n) is 12.2. The fourth-order valence-electron chi connectivity index (χ4n) is 4.72. The van der Waals surface area contributed by atoms with Gasteiger partial charge in [-0.2, -0.15) is 12.6 Å². The number of carbonyl (C=O) groups is 3. The zero-order valence-electron chi connectivity index (χ0n) is 25.8. The molecule has 2 aromatic carbocycles. The van der Waals surface area contributed by atoms with Crippen LogP contribution in [0.15, 0.2) is 36.4 Å². The van der Waals surface area contributed by atoms with Gasteiger partial charge >= 0.3 is 6.09 Å². The maximum Gasteiger partial charge on any atom is 0.408 e. The number of amides is 3. The van der Waals surface area contributed by atoms with Gasteiger partial charge in [0.15, 0.2) is 0 Å². The van der Waals surface area contributed by atoms with Crippen LogP contribution in [0.4, 0.5) is 10.5 Å². The summed E-state index contributed by atoms with van der Waals surface area (Å²) in [6.07, 6.45) is 0.786. The molecule has 0 saturated heterocycles. The number of nitrogens with one attached hydrogen (secondary N) is 2. The third-order valence-electron chi connectivity index (χ3n) is 6.62. The minimum Gasteiger partial charge on any atom is -0.444 e. The summed E-state index contributed by atoms with van der Waals surface area (Å²) >= 11 is 10.9. The third-order valence-corrected chi connectivity index (χ3v) is 7.30. The van der Waals surface area contributed by atoms with Crippen LogP contribution in [-0.4, -0.2) is 46.2 Å². The Balaban J connectivity index is 2.66. The van der Waals surface area contributed by atoms with Crippen molar-refractivity contribution in [1.29, 1.82) is 0 Å². The van der Waals surface area contributed by atoms with Gasteiger partial charge in [-0.15, -0.1) is 0 Å². The average molecular weight is 604 g/mol. The van der Waals surface area contributed by atoms with Crippen molar-refractivity contribution < 1.29 is 19.1 Å². The molecule has 0 fully saturated rings. The second kappa shape index (κ2) is 15.0. The molecule has 3 atom stereocenters. The lowest BCUT2D eigenvalue weighted by Gasteiger charge is -2.39. The van der Waals surface area contributed by atoms with E-state index in [0.29, 0.717) is 28.6 Å². The normalized spacial score (nSPS) is 13.8. The zero-order valence-corrected chi connectivity index (χ0v) is 27.5. The van der Waals surface area contributed by atoms with E-state index in [1.54, 1.807) is 31.7 Å². The molecular formula is C32H46ClN3O4S. The highest BCUT2D eigenvalue weighted by Gasteiger charge is 2.39. The minimum absolute atomic E-state index is 0.0241. The molecule has 9 heteroatoms. The maximum absolute atomic E-state index is 14.3. The van der Waals surface area contributed by atoms with Crippen LogP contribution in [0.1, 0.15) is 82.7 Å². The quantitative estimate of drug-likeness (QED) is 0.233. The Kier molecular flexibility index (Phi) is 12.6. The largest absolute Gasteiger partial charge is 0.444 e. The number of rotatable bonds is 11. The summed E-state index contributed by atoms with van der Waals surface area (Å²) in [5, 5.41) is 6.09. The minimum atomic E-state index is -1.02. The maximum atomic E-state index is 14.3. The van der Waals surface area contributed by atoms with Gasteiger partial charge in [-0.1, -0.05) is 66.9 Å². The van der Waals surface area contributed by atoms with E-state index in [-0.39, 0.29) is 11.8 Å². The Morgan fingerprint density at radius 3 is 2.12 bits per heavy atom. The van der Waals surface area contributed by atoms with Crippen LogP contribution in [0.2, 0.25) is 5.02 Å². The summed E-state index contributed by atoms with van der Waals surface area (Å²) in [5.74, 6) is -0.395. The van der Waals surface area contributed by atoms with Crippen LogP contribution in [0.3, 0.4) is 0 Å². The molecular weight excluding hydrogens is 558 g/mol. The number of halogens is 1. The van der Waals surface area contributed by atoms with E-state index in [4.69, 9.17) is 16.3 Å². The van der Waals surface area contributed by atoms with Gasteiger partial charge in [-0.05, 0) is 84.4 Å². The second-order valence-corrected chi connectivity index (χ2v) is 13.0. The first-order valence-corrected chi connectivity index (χ1v) is 15.1. The number of anilines is 1. The van der Waals surface area contributed by atoms with Gasteiger partial charge in [-0.3, -0.25) is 9.59 Å². The van der Waals surface area contributed by atoms with Gasteiger partial charge in [0.05, 0.1) is 10.7 Å². The summed E-state index contributed by atoms with van der Waals surface area (Å²) in [6, 6.07) is 8.90. The Morgan fingerprint density at radius 1 is 1.00 bits per heavy atom. The number of hydrogen-bond donors (Lipinski definition) is 3. The first-order chi connectivity index (χ1) is 19.0. The lowest BCUT2D eigenvalue weighted by molar-refractivity contribution is -0.143. The van der Waals surface area contributed by atoms with Crippen LogP contribution >= 0.6 is 24.2 Å². The summed E-state index contributed by atoms with van der Waals surface area (Å²) in [4.78, 5) is 42.9. The van der Waals surface area contributed by atoms with Gasteiger partial charge in [0.1, 0.15) is 17.7 Å². The number of hydrogen-bond acceptors (Lipinski definition) is 5. The number of carbonyl (C=O) groups excluding carboxylic acids is 3. The fourth-order valence-corrected chi connectivity index (χ4v) is 5.23. The zero-order chi connectivity index (χ0) is 31.1. The molecule has 0 heterocycles. The van der Waals surface area contributed by atoms with Gasteiger partial charge in [-0.25, -0.2) is 4.79 Å². The molecule has 41 heavy (non-hydrogen) atoms. The van der Waals surface area contributed by atoms with Gasteiger partial charge in [0.2, 0.25) is 5.91 Å². The Hall–Kier alpha value is -2.71. The van der Waals surface area contributed by atoms with Crippen LogP contribution in [0.25, 0.3) is 0 Å². The van der Waals surface area contributed by atoms with Crippen LogP contribution < -0.4 is 10.6 Å². The van der Waals surface area contributed by atoms with E-state index >= 15 is 0 Å². The molecule has 2 N–H and O–H groups in total. The lowest BCUT2D eigenvalue weighted by atomic mass is 9.95. The van der Waals surface area contributed by atoms with Crippen molar-refractivity contribution in [3.63, 3.8) is 0 Å². The predicted octanol–water partition coefficient (Wildman–Crippen LogP) is 7.42. The Labute approximate surface area is 256 Å². The van der Waals surface area contributed by atoms with Crippen LogP contribution in [0.5, 0.6) is 0 Å². The topological polar surface area (TPSA) is 87.7 Å². The molecule has 2 rings (SSSR count). The molecule has 3 unspecified atom stereocenters. The number of benzene rings is 2. The van der Waals surface area contributed by atoms with Crippen LogP contribution in [0, 0.1) is 26.7 Å². The standard InChI is InChI=1S/C32H46ClN3O4S/c1-19(2)13-14-23(6)36(30(38)26(18-41)34-31(39)40-32(7,8)9)28(24-16-20(3)15-21(4)17-24)29(37)35-27-22(5)11-10-12-25(27)33/h10-12,15-17,19,23,26,28,41H,13-14,18H2,1-9H3,(H,34,39)(H,35,37). The van der Waals surface area contributed by atoms with E-state index in [0.717, 1.165) is 23.1 Å². The molecule has 0 saturated carbocycles. The molecule has 0 aliphatic heterocycles. The summed E-state index contributed by atoms with van der Waals surface area (Å²) in [5.41, 5.74) is 3.15. The molecule has 2 aromatic rings. The number of para-hydroxylation sites is 1.